The monoisotopic (exact) mass is 260 g/mol. The van der Waals surface area contributed by atoms with Gasteiger partial charge >= 0.3 is 0 Å². The van der Waals surface area contributed by atoms with Crippen LogP contribution in [0.1, 0.15) is 0 Å². The number of thioether (sulfide) groups is 1. The van der Waals surface area contributed by atoms with Gasteiger partial charge in [-0.2, -0.15) is 0 Å². The molecule has 0 saturated carbocycles. The quantitative estimate of drug-likeness (QED) is 0.828. The zero-order valence-corrected chi connectivity index (χ0v) is 10.7. The Bertz CT molecular complexity index is 617. The molecule has 92 valence electrons. The number of hydrogen-bond donors (Lipinski definition) is 1. The summed E-state index contributed by atoms with van der Waals surface area (Å²) < 4.78 is 0. The number of aromatic nitrogens is 4. The van der Waals surface area contributed by atoms with Crippen molar-refractivity contribution in [3.8, 4) is 0 Å². The number of nitrogens with one attached hydrogen (secondary N) is 1. The average molecular weight is 260 g/mol. The summed E-state index contributed by atoms with van der Waals surface area (Å²) in [7, 11) is 1.78. The highest BCUT2D eigenvalue weighted by molar-refractivity contribution is 8.03. The highest BCUT2D eigenvalue weighted by Gasteiger charge is 2.16. The molecule has 1 aliphatic heterocycles. The van der Waals surface area contributed by atoms with Gasteiger partial charge in [0.05, 0.1) is 6.33 Å². The van der Waals surface area contributed by atoms with E-state index in [0.717, 1.165) is 28.5 Å². The first-order chi connectivity index (χ1) is 8.88. The molecule has 2 aromatic rings. The maximum absolute atomic E-state index is 4.34. The molecular weight excluding hydrogens is 248 g/mol. The Labute approximate surface area is 108 Å². The molecule has 0 atom stereocenters. The van der Waals surface area contributed by atoms with Crippen molar-refractivity contribution in [2.24, 2.45) is 4.99 Å². The number of allylic oxidation sites excluding steroid dienone is 1. The molecule has 0 amide bonds. The minimum absolute atomic E-state index is 0.692. The summed E-state index contributed by atoms with van der Waals surface area (Å²) in [6.07, 6.45) is 7.10. The summed E-state index contributed by atoms with van der Waals surface area (Å²) >= 11 is 1.79. The maximum Gasteiger partial charge on any atom is 0.182 e. The number of rotatable bonds is 2. The molecule has 0 aliphatic carbocycles. The molecule has 0 unspecified atom stereocenters. The molecule has 18 heavy (non-hydrogen) atoms. The summed E-state index contributed by atoms with van der Waals surface area (Å²) in [5.41, 5.74) is 1.56. The molecule has 2 aromatic heterocycles. The molecule has 1 N–H and O–H groups in total. The Kier molecular flexibility index (Phi) is 2.97. The highest BCUT2D eigenvalue weighted by atomic mass is 32.2. The van der Waals surface area contributed by atoms with E-state index >= 15 is 0 Å². The van der Waals surface area contributed by atoms with Gasteiger partial charge in [-0.1, -0.05) is 0 Å². The van der Waals surface area contributed by atoms with Gasteiger partial charge in [0, 0.05) is 36.7 Å². The zero-order valence-electron chi connectivity index (χ0n) is 9.87. The number of aliphatic imine (C=N–C) groups is 1. The van der Waals surface area contributed by atoms with Crippen LogP contribution in [0.3, 0.4) is 0 Å². The maximum atomic E-state index is 4.34. The Morgan fingerprint density at radius 3 is 3.28 bits per heavy atom. The van der Waals surface area contributed by atoms with Crippen LogP contribution in [0.15, 0.2) is 28.8 Å². The van der Waals surface area contributed by atoms with Crippen LogP contribution in [0.25, 0.3) is 11.2 Å². The second-order valence-electron chi connectivity index (χ2n) is 3.76. The van der Waals surface area contributed by atoms with Crippen molar-refractivity contribution in [2.45, 2.75) is 0 Å². The number of imidazole rings is 1. The lowest BCUT2D eigenvalue weighted by molar-refractivity contribution is 0.980. The number of anilines is 1. The van der Waals surface area contributed by atoms with Gasteiger partial charge in [-0.15, -0.1) is 11.8 Å². The first kappa shape index (κ1) is 11.2. The molecule has 6 nitrogen and oxygen atoms in total. The summed E-state index contributed by atoms with van der Waals surface area (Å²) in [4.78, 5) is 23.0. The van der Waals surface area contributed by atoms with E-state index in [4.69, 9.17) is 0 Å². The lowest BCUT2D eigenvalue weighted by Gasteiger charge is -2.24. The highest BCUT2D eigenvalue weighted by Crippen LogP contribution is 2.26. The average Bonchev–Trinajstić information content (AvgIpc) is 2.87. The molecule has 0 spiro atoms. The standard InChI is InChI=1S/C11H12N6S/c1-12-4-8-5-17(2-3-18-8)11-9-10(14-6-13-9)15-7-16-11/h4-7H,2-3H2,1H3,(H,13,14,15,16)/b12-4-. The fourth-order valence-electron chi connectivity index (χ4n) is 1.85. The van der Waals surface area contributed by atoms with Gasteiger partial charge in [-0.3, -0.25) is 4.99 Å². The SMILES string of the molecule is C/N=C\C1=CN(c2ncnc3nc[nH]c23)CCS1. The van der Waals surface area contributed by atoms with E-state index in [9.17, 15) is 0 Å². The second-order valence-corrected chi connectivity index (χ2v) is 4.93. The van der Waals surface area contributed by atoms with Crippen LogP contribution in [0.5, 0.6) is 0 Å². The van der Waals surface area contributed by atoms with Gasteiger partial charge in [0.15, 0.2) is 11.5 Å². The van der Waals surface area contributed by atoms with Gasteiger partial charge < -0.3 is 9.88 Å². The lowest BCUT2D eigenvalue weighted by atomic mass is 10.4. The van der Waals surface area contributed by atoms with Gasteiger partial charge in [0.2, 0.25) is 0 Å². The van der Waals surface area contributed by atoms with Crippen LogP contribution in [-0.2, 0) is 0 Å². The van der Waals surface area contributed by atoms with Crippen LogP contribution in [0, 0.1) is 0 Å². The van der Waals surface area contributed by atoms with E-state index < -0.39 is 0 Å². The van der Waals surface area contributed by atoms with Gasteiger partial charge in [-0.25, -0.2) is 15.0 Å². The van der Waals surface area contributed by atoms with Crippen molar-refractivity contribution in [3.63, 3.8) is 0 Å². The zero-order chi connectivity index (χ0) is 12.4. The number of hydrogen-bond acceptors (Lipinski definition) is 6. The molecule has 0 bridgehead atoms. The van der Waals surface area contributed by atoms with Crippen molar-refractivity contribution < 1.29 is 0 Å². The third-order valence-electron chi connectivity index (χ3n) is 2.62. The van der Waals surface area contributed by atoms with E-state index in [0.29, 0.717) is 5.65 Å². The van der Waals surface area contributed by atoms with E-state index in [2.05, 4.69) is 36.0 Å². The van der Waals surface area contributed by atoms with E-state index in [1.54, 1.807) is 31.5 Å². The topological polar surface area (TPSA) is 70.1 Å². The summed E-state index contributed by atoms with van der Waals surface area (Å²) in [5, 5.41) is 0. The summed E-state index contributed by atoms with van der Waals surface area (Å²) in [6, 6.07) is 0. The van der Waals surface area contributed by atoms with E-state index in [1.807, 2.05) is 6.21 Å². The van der Waals surface area contributed by atoms with Crippen molar-refractivity contribution in [1.82, 2.24) is 19.9 Å². The van der Waals surface area contributed by atoms with Crippen molar-refractivity contribution in [2.75, 3.05) is 24.2 Å². The molecular formula is C11H12N6S. The van der Waals surface area contributed by atoms with Gasteiger partial charge in [0.1, 0.15) is 11.8 Å². The normalized spacial score (nSPS) is 16.5. The van der Waals surface area contributed by atoms with Gasteiger partial charge in [-0.05, 0) is 0 Å². The summed E-state index contributed by atoms with van der Waals surface area (Å²) in [6.45, 7) is 0.914. The van der Waals surface area contributed by atoms with Crippen LogP contribution in [-0.4, -0.2) is 45.5 Å². The minimum Gasteiger partial charge on any atom is -0.340 e. The third-order valence-corrected chi connectivity index (χ3v) is 3.55. The molecule has 7 heteroatoms. The minimum atomic E-state index is 0.692. The molecule has 0 fully saturated rings. The van der Waals surface area contributed by atoms with Gasteiger partial charge in [0.25, 0.3) is 0 Å². The molecule has 3 heterocycles. The smallest absolute Gasteiger partial charge is 0.182 e. The van der Waals surface area contributed by atoms with Crippen LogP contribution in [0.4, 0.5) is 5.82 Å². The van der Waals surface area contributed by atoms with E-state index in [-0.39, 0.29) is 0 Å². The van der Waals surface area contributed by atoms with Crippen LogP contribution in [0.2, 0.25) is 0 Å². The molecule has 1 aliphatic rings. The molecule has 0 radical (unpaired) electrons. The second kappa shape index (κ2) is 4.77. The van der Waals surface area contributed by atoms with Crippen molar-refractivity contribution in [3.05, 3.63) is 23.8 Å². The first-order valence-electron chi connectivity index (χ1n) is 5.56. The van der Waals surface area contributed by atoms with E-state index in [1.165, 1.54) is 0 Å². The van der Waals surface area contributed by atoms with Crippen LogP contribution < -0.4 is 4.90 Å². The van der Waals surface area contributed by atoms with Crippen LogP contribution >= 0.6 is 11.8 Å². The fourth-order valence-corrected chi connectivity index (χ4v) is 2.76. The molecule has 0 saturated heterocycles. The number of fused-ring (bicyclic) bond motifs is 1. The predicted molar refractivity (Wildman–Crippen MR) is 74.0 cm³/mol. The Hall–Kier alpha value is -1.89. The summed E-state index contributed by atoms with van der Waals surface area (Å²) in [5.74, 6) is 1.87. The Balaban J connectivity index is 2.04. The van der Waals surface area contributed by atoms with Crippen molar-refractivity contribution in [1.29, 1.82) is 0 Å². The largest absolute Gasteiger partial charge is 0.340 e. The Morgan fingerprint density at radius 2 is 2.39 bits per heavy atom. The molecule has 3 rings (SSSR count). The third kappa shape index (κ3) is 1.97. The lowest BCUT2D eigenvalue weighted by Crippen LogP contribution is -2.24. The Morgan fingerprint density at radius 1 is 1.44 bits per heavy atom. The fraction of sp³-hybridized carbons (Fsp3) is 0.273. The number of nitrogens with zero attached hydrogens (tertiary/aromatic N) is 5. The number of aromatic amines is 1. The number of H-pyrrole nitrogens is 1. The van der Waals surface area contributed by atoms with Crippen molar-refractivity contribution >= 4 is 35.0 Å². The predicted octanol–water partition coefficient (Wildman–Crippen LogP) is 1.45. The first-order valence-corrected chi connectivity index (χ1v) is 6.54. The molecule has 0 aromatic carbocycles.